The Hall–Kier alpha value is -3.72. The van der Waals surface area contributed by atoms with Crippen LogP contribution in [0, 0.1) is 19.7 Å². The van der Waals surface area contributed by atoms with Crippen molar-refractivity contribution in [1.82, 2.24) is 10.2 Å². The zero-order valence-electron chi connectivity index (χ0n) is 22.3. The van der Waals surface area contributed by atoms with E-state index in [1.54, 1.807) is 44.2 Å². The van der Waals surface area contributed by atoms with Crippen LogP contribution in [-0.4, -0.2) is 43.8 Å². The molecule has 38 heavy (non-hydrogen) atoms. The zero-order valence-corrected chi connectivity index (χ0v) is 23.1. The lowest BCUT2D eigenvalue weighted by molar-refractivity contribution is -0.139. The van der Waals surface area contributed by atoms with Gasteiger partial charge >= 0.3 is 0 Å². The third-order valence-corrected chi connectivity index (χ3v) is 7.88. The first-order valence-electron chi connectivity index (χ1n) is 12.4. The molecule has 3 aromatic carbocycles. The highest BCUT2D eigenvalue weighted by Gasteiger charge is 2.33. The van der Waals surface area contributed by atoms with E-state index in [1.165, 1.54) is 41.3 Å². The number of carbonyl (C=O) groups excluding carboxylic acids is 2. The number of benzene rings is 3. The quantitative estimate of drug-likeness (QED) is 0.409. The lowest BCUT2D eigenvalue weighted by Gasteiger charge is -2.32. The summed E-state index contributed by atoms with van der Waals surface area (Å²) in [5.41, 5.74) is 2.49. The van der Waals surface area contributed by atoms with E-state index in [4.69, 9.17) is 0 Å². The monoisotopic (exact) mass is 539 g/mol. The Bertz CT molecular complexity index is 1380. The van der Waals surface area contributed by atoms with Crippen LogP contribution in [0.4, 0.5) is 10.1 Å². The standard InChI is InChI=1S/C29H34FN3O4S/c1-20(2)31-29(35)23(5)32(18-24-13-15-25(30)16-14-24)28(34)19-33(27-17-21(3)11-12-22(27)4)38(36,37)26-9-7-6-8-10-26/h6-17,20,23H,18-19H2,1-5H3,(H,31,35). The first kappa shape index (κ1) is 28.8. The summed E-state index contributed by atoms with van der Waals surface area (Å²) >= 11 is 0. The van der Waals surface area contributed by atoms with E-state index >= 15 is 0 Å². The van der Waals surface area contributed by atoms with Crippen molar-refractivity contribution in [2.45, 2.75) is 58.1 Å². The maximum absolute atomic E-state index is 13.9. The number of hydrogen-bond acceptors (Lipinski definition) is 4. The topological polar surface area (TPSA) is 86.8 Å². The average molecular weight is 540 g/mol. The van der Waals surface area contributed by atoms with Crippen LogP contribution in [0.15, 0.2) is 77.7 Å². The van der Waals surface area contributed by atoms with Gasteiger partial charge in [-0.1, -0.05) is 42.5 Å². The van der Waals surface area contributed by atoms with E-state index in [2.05, 4.69) is 5.32 Å². The van der Waals surface area contributed by atoms with Crippen LogP contribution in [0.25, 0.3) is 0 Å². The van der Waals surface area contributed by atoms with E-state index in [0.717, 1.165) is 9.87 Å². The third-order valence-electron chi connectivity index (χ3n) is 6.11. The summed E-state index contributed by atoms with van der Waals surface area (Å²) in [6.45, 7) is 8.31. The van der Waals surface area contributed by atoms with Crippen LogP contribution in [0.1, 0.15) is 37.5 Å². The van der Waals surface area contributed by atoms with Crippen LogP contribution in [0.2, 0.25) is 0 Å². The lowest BCUT2D eigenvalue weighted by atomic mass is 10.1. The SMILES string of the molecule is Cc1ccc(C)c(N(CC(=O)N(Cc2ccc(F)cc2)C(C)C(=O)NC(C)C)S(=O)(=O)c2ccccc2)c1. The number of hydrogen-bond donors (Lipinski definition) is 1. The van der Waals surface area contributed by atoms with Gasteiger partial charge in [0.15, 0.2) is 0 Å². The summed E-state index contributed by atoms with van der Waals surface area (Å²) in [5, 5.41) is 2.81. The molecule has 0 bridgehead atoms. The number of sulfonamides is 1. The third kappa shape index (κ3) is 6.98. The van der Waals surface area contributed by atoms with E-state index in [0.29, 0.717) is 16.8 Å². The molecule has 0 spiro atoms. The molecule has 0 saturated heterocycles. The van der Waals surface area contributed by atoms with Crippen LogP contribution in [0.5, 0.6) is 0 Å². The molecule has 0 aliphatic rings. The summed E-state index contributed by atoms with van der Waals surface area (Å²) in [5.74, 6) is -1.37. The Labute approximate surface area is 224 Å². The van der Waals surface area contributed by atoms with Gasteiger partial charge in [0.05, 0.1) is 10.6 Å². The molecule has 0 heterocycles. The number of nitrogens with zero attached hydrogens (tertiary/aromatic N) is 2. The number of nitrogens with one attached hydrogen (secondary N) is 1. The number of amides is 2. The van der Waals surface area contributed by atoms with Gasteiger partial charge in [-0.2, -0.15) is 0 Å². The second-order valence-electron chi connectivity index (χ2n) is 9.60. The molecule has 9 heteroatoms. The van der Waals surface area contributed by atoms with Crippen molar-refractivity contribution in [3.8, 4) is 0 Å². The van der Waals surface area contributed by atoms with Gasteiger partial charge in [-0.15, -0.1) is 0 Å². The zero-order chi connectivity index (χ0) is 28.0. The van der Waals surface area contributed by atoms with Gasteiger partial charge in [0.25, 0.3) is 10.0 Å². The predicted molar refractivity (Wildman–Crippen MR) is 147 cm³/mol. The number of aryl methyl sites for hydroxylation is 2. The molecule has 202 valence electrons. The number of rotatable bonds is 10. The first-order valence-corrected chi connectivity index (χ1v) is 13.8. The van der Waals surface area contributed by atoms with Crippen LogP contribution >= 0.6 is 0 Å². The molecule has 7 nitrogen and oxygen atoms in total. The highest BCUT2D eigenvalue weighted by Crippen LogP contribution is 2.28. The Kier molecular flexibility index (Phi) is 9.27. The predicted octanol–water partition coefficient (Wildman–Crippen LogP) is 4.58. The van der Waals surface area contributed by atoms with Gasteiger partial charge in [0, 0.05) is 12.6 Å². The smallest absolute Gasteiger partial charge is 0.264 e. The minimum Gasteiger partial charge on any atom is -0.352 e. The summed E-state index contributed by atoms with van der Waals surface area (Å²) in [6, 6.07) is 17.9. The highest BCUT2D eigenvalue weighted by molar-refractivity contribution is 7.92. The molecule has 2 amide bonds. The Balaban J connectivity index is 2.06. The second-order valence-corrected chi connectivity index (χ2v) is 11.5. The van der Waals surface area contributed by atoms with Gasteiger partial charge in [-0.05, 0) is 81.6 Å². The molecule has 3 aromatic rings. The van der Waals surface area contributed by atoms with Gasteiger partial charge in [-0.25, -0.2) is 12.8 Å². The van der Waals surface area contributed by atoms with Gasteiger partial charge < -0.3 is 10.2 Å². The molecule has 0 aliphatic carbocycles. The van der Waals surface area contributed by atoms with Crippen LogP contribution < -0.4 is 9.62 Å². The molecule has 3 rings (SSSR count). The van der Waals surface area contributed by atoms with Crippen molar-refractivity contribution in [3.05, 3.63) is 95.3 Å². The normalized spacial score (nSPS) is 12.2. The first-order chi connectivity index (χ1) is 17.9. The van der Waals surface area contributed by atoms with Gasteiger partial charge in [-0.3, -0.25) is 13.9 Å². The molecule has 0 aromatic heterocycles. The Morgan fingerprint density at radius 3 is 2.16 bits per heavy atom. The number of halogens is 1. The summed E-state index contributed by atoms with van der Waals surface area (Å²) in [4.78, 5) is 28.2. The fourth-order valence-corrected chi connectivity index (χ4v) is 5.49. The van der Waals surface area contributed by atoms with E-state index in [9.17, 15) is 22.4 Å². The average Bonchev–Trinajstić information content (AvgIpc) is 2.88. The maximum atomic E-state index is 13.9. The molecule has 0 radical (unpaired) electrons. The van der Waals surface area contributed by atoms with Crippen molar-refractivity contribution < 1.29 is 22.4 Å². The van der Waals surface area contributed by atoms with Crippen molar-refractivity contribution in [2.24, 2.45) is 0 Å². The maximum Gasteiger partial charge on any atom is 0.264 e. The molecule has 1 atom stereocenters. The highest BCUT2D eigenvalue weighted by atomic mass is 32.2. The second kappa shape index (κ2) is 12.2. The van der Waals surface area contributed by atoms with Gasteiger partial charge in [0.2, 0.25) is 11.8 Å². The van der Waals surface area contributed by atoms with Crippen molar-refractivity contribution >= 4 is 27.5 Å². The molecule has 1 N–H and O–H groups in total. The summed E-state index contributed by atoms with van der Waals surface area (Å²) in [6.07, 6.45) is 0. The fraction of sp³-hybridized carbons (Fsp3) is 0.310. The Morgan fingerprint density at radius 1 is 0.921 bits per heavy atom. The minimum atomic E-state index is -4.13. The molecule has 0 saturated carbocycles. The van der Waals surface area contributed by atoms with Crippen LogP contribution in [0.3, 0.4) is 0 Å². The molecule has 0 fully saturated rings. The summed E-state index contributed by atoms with van der Waals surface area (Å²) in [7, 11) is -4.13. The van der Waals surface area contributed by atoms with Gasteiger partial charge in [0.1, 0.15) is 18.4 Å². The van der Waals surface area contributed by atoms with Crippen LogP contribution in [-0.2, 0) is 26.2 Å². The summed E-state index contributed by atoms with van der Waals surface area (Å²) < 4.78 is 42.3. The fourth-order valence-electron chi connectivity index (χ4n) is 4.00. The van der Waals surface area contributed by atoms with Crippen molar-refractivity contribution in [3.63, 3.8) is 0 Å². The van der Waals surface area contributed by atoms with Crippen molar-refractivity contribution in [1.29, 1.82) is 0 Å². The molecular formula is C29H34FN3O4S. The van der Waals surface area contributed by atoms with E-state index in [1.807, 2.05) is 26.8 Å². The molecule has 0 aliphatic heterocycles. The Morgan fingerprint density at radius 2 is 1.55 bits per heavy atom. The lowest BCUT2D eigenvalue weighted by Crippen LogP contribution is -2.52. The molecular weight excluding hydrogens is 505 g/mol. The van der Waals surface area contributed by atoms with E-state index < -0.39 is 34.3 Å². The van der Waals surface area contributed by atoms with E-state index in [-0.39, 0.29) is 23.4 Å². The van der Waals surface area contributed by atoms with Crippen molar-refractivity contribution in [2.75, 3.05) is 10.8 Å². The number of anilines is 1. The largest absolute Gasteiger partial charge is 0.352 e. The number of carbonyl (C=O) groups is 2. The molecule has 1 unspecified atom stereocenters. The minimum absolute atomic E-state index is 0.00216.